The van der Waals surface area contributed by atoms with Gasteiger partial charge in [-0.2, -0.15) is 26.3 Å². The Morgan fingerprint density at radius 3 is 2.04 bits per heavy atom. The fourth-order valence-electron chi connectivity index (χ4n) is 2.36. The summed E-state index contributed by atoms with van der Waals surface area (Å²) in [6, 6.07) is 4.21. The monoisotopic (exact) mass is 393 g/mol. The first-order valence-electron chi connectivity index (χ1n) is 7.86. The van der Waals surface area contributed by atoms with Gasteiger partial charge in [-0.25, -0.2) is 0 Å². The lowest BCUT2D eigenvalue weighted by molar-refractivity contribution is -0.143. The second-order valence-corrected chi connectivity index (χ2v) is 6.01. The van der Waals surface area contributed by atoms with Crippen LogP contribution in [-0.2, 0) is 17.1 Å². The van der Waals surface area contributed by atoms with Crippen LogP contribution in [0.15, 0.2) is 42.6 Å². The summed E-state index contributed by atoms with van der Waals surface area (Å²) in [7, 11) is 0. The average Bonchev–Trinajstić information content (AvgIpc) is 2.98. The third-order valence-electron chi connectivity index (χ3n) is 3.49. The van der Waals surface area contributed by atoms with Crippen molar-refractivity contribution in [2.24, 2.45) is 0 Å². The second-order valence-electron chi connectivity index (χ2n) is 6.01. The smallest absolute Gasteiger partial charge is 0.365 e. The molecule has 1 heterocycles. The topological polar surface area (TPSA) is 34.4 Å². The molecule has 2 rings (SSSR count). The van der Waals surface area contributed by atoms with Crippen LogP contribution in [-0.4, -0.2) is 22.1 Å². The molecule has 0 aliphatic heterocycles. The Hall–Kier alpha value is -2.26. The number of alkyl halides is 6. The summed E-state index contributed by atoms with van der Waals surface area (Å²) in [4.78, 5) is 0. The van der Waals surface area contributed by atoms with Gasteiger partial charge in [0.1, 0.15) is 0 Å². The molecule has 0 radical (unpaired) electrons. The third-order valence-corrected chi connectivity index (χ3v) is 3.49. The summed E-state index contributed by atoms with van der Waals surface area (Å²) in [5.41, 5.74) is -2.95. The van der Waals surface area contributed by atoms with Crippen molar-refractivity contribution in [3.05, 3.63) is 53.7 Å². The van der Waals surface area contributed by atoms with Crippen LogP contribution in [0.4, 0.5) is 26.3 Å². The van der Waals surface area contributed by atoms with Crippen LogP contribution in [0, 0.1) is 0 Å². The quantitative estimate of drug-likeness (QED) is 0.545. The number of nitrogens with zero attached hydrogens (tertiary/aromatic N) is 1. The summed E-state index contributed by atoms with van der Waals surface area (Å²) < 4.78 is 84.5. The highest BCUT2D eigenvalue weighted by Crippen LogP contribution is 2.38. The molecule has 1 atom stereocenters. The van der Waals surface area contributed by atoms with Gasteiger partial charge in [0.05, 0.1) is 22.9 Å². The first kappa shape index (κ1) is 21.0. The van der Waals surface area contributed by atoms with Gasteiger partial charge in [-0.05, 0) is 55.8 Å². The molecule has 0 aliphatic carbocycles. The van der Waals surface area contributed by atoms with E-state index >= 15 is 0 Å². The predicted molar refractivity (Wildman–Crippen MR) is 87.4 cm³/mol. The zero-order valence-electron chi connectivity index (χ0n) is 14.3. The number of hydrogen-bond acceptors (Lipinski definition) is 2. The maximum atomic E-state index is 13.0. The minimum Gasteiger partial charge on any atom is -0.365 e. The van der Waals surface area contributed by atoms with Gasteiger partial charge in [0.25, 0.3) is 0 Å². The number of aromatic nitrogens is 1. The van der Waals surface area contributed by atoms with Crippen molar-refractivity contribution in [3.63, 3.8) is 0 Å². The summed E-state index contributed by atoms with van der Waals surface area (Å²) in [5, 5.41) is 9.66. The second kappa shape index (κ2) is 7.77. The van der Waals surface area contributed by atoms with E-state index in [2.05, 4.69) is 0 Å². The Labute approximate surface area is 151 Å². The van der Waals surface area contributed by atoms with Gasteiger partial charge in [-0.15, -0.1) is 0 Å². The number of ether oxygens (including phenoxy) is 1. The van der Waals surface area contributed by atoms with E-state index in [1.54, 1.807) is 13.8 Å². The molecule has 0 saturated carbocycles. The normalized spacial score (nSPS) is 14.3. The lowest BCUT2D eigenvalue weighted by Gasteiger charge is -2.15. The minimum absolute atomic E-state index is 0.0762. The highest BCUT2D eigenvalue weighted by molar-refractivity contribution is 5.65. The SMILES string of the molecule is CC(C)OC(O)/C=C\n1cccc1-c1cc(C(F)(F)F)cc(C(F)(F)F)c1. The summed E-state index contributed by atoms with van der Waals surface area (Å²) in [5.74, 6) is 0. The van der Waals surface area contributed by atoms with Crippen LogP contribution in [0.5, 0.6) is 0 Å². The maximum absolute atomic E-state index is 13.0. The van der Waals surface area contributed by atoms with E-state index in [0.717, 1.165) is 0 Å². The molecule has 0 fully saturated rings. The molecule has 1 N–H and O–H groups in total. The molecule has 0 bridgehead atoms. The highest BCUT2D eigenvalue weighted by atomic mass is 19.4. The molecule has 0 spiro atoms. The molecule has 1 aromatic heterocycles. The largest absolute Gasteiger partial charge is 0.416 e. The molecule has 27 heavy (non-hydrogen) atoms. The van der Waals surface area contributed by atoms with Gasteiger partial charge in [0.2, 0.25) is 0 Å². The Morgan fingerprint density at radius 1 is 1.00 bits per heavy atom. The first-order chi connectivity index (χ1) is 12.4. The first-order valence-corrected chi connectivity index (χ1v) is 7.86. The van der Waals surface area contributed by atoms with E-state index in [1.165, 1.54) is 35.2 Å². The van der Waals surface area contributed by atoms with Crippen molar-refractivity contribution in [2.45, 2.75) is 38.6 Å². The molecular formula is C18H17F6NO2. The number of aliphatic hydroxyl groups excluding tert-OH is 1. The third kappa shape index (κ3) is 5.61. The molecule has 148 valence electrons. The van der Waals surface area contributed by atoms with Crippen molar-refractivity contribution < 1.29 is 36.2 Å². The van der Waals surface area contributed by atoms with Crippen molar-refractivity contribution in [1.82, 2.24) is 4.57 Å². The van der Waals surface area contributed by atoms with Gasteiger partial charge in [-0.3, -0.25) is 0 Å². The van der Waals surface area contributed by atoms with Crippen LogP contribution in [0.1, 0.15) is 25.0 Å². The standard InChI is InChI=1S/C18H17F6NO2/c1-11(2)27-16(26)5-7-25-6-3-4-15(25)12-8-13(17(19,20)21)10-14(9-12)18(22,23)24/h3-11,16,26H,1-2H3/b7-5-. The van der Waals surface area contributed by atoms with E-state index in [0.29, 0.717) is 12.1 Å². The molecule has 1 aromatic carbocycles. The highest BCUT2D eigenvalue weighted by Gasteiger charge is 2.37. The van der Waals surface area contributed by atoms with E-state index in [1.807, 2.05) is 0 Å². The Morgan fingerprint density at radius 2 is 1.56 bits per heavy atom. The van der Waals surface area contributed by atoms with E-state index in [4.69, 9.17) is 4.74 Å². The molecule has 9 heteroatoms. The van der Waals surface area contributed by atoms with Crippen molar-refractivity contribution in [3.8, 4) is 11.3 Å². The molecule has 1 unspecified atom stereocenters. The fraction of sp³-hybridized carbons (Fsp3) is 0.333. The van der Waals surface area contributed by atoms with Gasteiger partial charge in [0.15, 0.2) is 6.29 Å². The molecule has 0 amide bonds. The molecule has 0 saturated heterocycles. The van der Waals surface area contributed by atoms with Gasteiger partial charge in [0, 0.05) is 12.4 Å². The van der Waals surface area contributed by atoms with E-state index in [9.17, 15) is 31.4 Å². The number of rotatable bonds is 5. The average molecular weight is 393 g/mol. The summed E-state index contributed by atoms with van der Waals surface area (Å²) in [6.45, 7) is 3.39. The Bertz CT molecular complexity index is 773. The van der Waals surface area contributed by atoms with Gasteiger partial charge >= 0.3 is 12.4 Å². The number of hydrogen-bond donors (Lipinski definition) is 1. The van der Waals surface area contributed by atoms with E-state index < -0.39 is 29.8 Å². The maximum Gasteiger partial charge on any atom is 0.416 e. The zero-order chi connectivity index (χ0) is 20.4. The molecule has 2 aromatic rings. The molecule has 3 nitrogen and oxygen atoms in total. The van der Waals surface area contributed by atoms with Crippen LogP contribution < -0.4 is 0 Å². The molecular weight excluding hydrogens is 376 g/mol. The van der Waals surface area contributed by atoms with Crippen molar-refractivity contribution in [2.75, 3.05) is 0 Å². The zero-order valence-corrected chi connectivity index (χ0v) is 14.3. The van der Waals surface area contributed by atoms with Gasteiger partial charge in [-0.1, -0.05) is 0 Å². The minimum atomic E-state index is -4.93. The fourth-order valence-corrected chi connectivity index (χ4v) is 2.36. The van der Waals surface area contributed by atoms with Gasteiger partial charge < -0.3 is 14.4 Å². The summed E-state index contributed by atoms with van der Waals surface area (Å²) >= 11 is 0. The van der Waals surface area contributed by atoms with Crippen molar-refractivity contribution >= 4 is 6.20 Å². The number of halogens is 6. The van der Waals surface area contributed by atoms with Crippen molar-refractivity contribution in [1.29, 1.82) is 0 Å². The van der Waals surface area contributed by atoms with Crippen LogP contribution in [0.3, 0.4) is 0 Å². The van der Waals surface area contributed by atoms with E-state index in [-0.39, 0.29) is 23.4 Å². The Kier molecular flexibility index (Phi) is 6.06. The van der Waals surface area contributed by atoms with Crippen LogP contribution in [0.2, 0.25) is 0 Å². The molecule has 0 aliphatic rings. The van der Waals surface area contributed by atoms with Crippen LogP contribution >= 0.6 is 0 Å². The number of aliphatic hydroxyl groups is 1. The number of benzene rings is 1. The summed E-state index contributed by atoms with van der Waals surface area (Å²) in [6.07, 6.45) is -7.44. The Balaban J connectivity index is 2.47. The predicted octanol–water partition coefficient (Wildman–Crippen LogP) is 5.41. The lowest BCUT2D eigenvalue weighted by Crippen LogP contribution is -2.14. The van der Waals surface area contributed by atoms with Crippen LogP contribution in [0.25, 0.3) is 17.5 Å². The lowest BCUT2D eigenvalue weighted by atomic mass is 10.0.